The minimum Gasteiger partial charge on any atom is -0.303 e. The summed E-state index contributed by atoms with van der Waals surface area (Å²) in [5.74, 6) is 1.65. The molecule has 1 fully saturated rings. The lowest BCUT2D eigenvalue weighted by atomic mass is 9.97. The van der Waals surface area contributed by atoms with Crippen molar-refractivity contribution in [2.45, 2.75) is 32.6 Å². The number of rotatable bonds is 2. The molecule has 1 unspecified atom stereocenters. The fourth-order valence-corrected chi connectivity index (χ4v) is 2.84. The van der Waals surface area contributed by atoms with Gasteiger partial charge < -0.3 is 4.90 Å². The third kappa shape index (κ3) is 2.01. The molecule has 0 saturated carbocycles. The van der Waals surface area contributed by atoms with Gasteiger partial charge >= 0.3 is 0 Å². The third-order valence-electron chi connectivity index (χ3n) is 3.91. The van der Waals surface area contributed by atoms with Crippen LogP contribution < -0.4 is 0 Å². The Morgan fingerprint density at radius 2 is 2.28 bits per heavy atom. The van der Waals surface area contributed by atoms with Crippen molar-refractivity contribution >= 4 is 5.65 Å². The summed E-state index contributed by atoms with van der Waals surface area (Å²) in [6.45, 7) is 7.79. The molecule has 3 rings (SSSR count). The van der Waals surface area contributed by atoms with E-state index in [2.05, 4.69) is 51.7 Å². The number of hydrogen-bond donors (Lipinski definition) is 0. The highest BCUT2D eigenvalue weighted by Gasteiger charge is 2.24. The summed E-state index contributed by atoms with van der Waals surface area (Å²) in [5, 5.41) is 8.72. The summed E-state index contributed by atoms with van der Waals surface area (Å²) < 4.78 is 2.15. The Labute approximate surface area is 108 Å². The van der Waals surface area contributed by atoms with Crippen molar-refractivity contribution in [2.75, 3.05) is 19.6 Å². The van der Waals surface area contributed by atoms with Crippen LogP contribution >= 0.6 is 0 Å². The molecule has 4 heteroatoms. The van der Waals surface area contributed by atoms with Crippen LogP contribution in [0, 0.1) is 6.92 Å². The second-order valence-corrected chi connectivity index (χ2v) is 5.22. The average molecular weight is 244 g/mol. The summed E-state index contributed by atoms with van der Waals surface area (Å²) in [6.07, 6.45) is 4.59. The van der Waals surface area contributed by atoms with E-state index in [1.807, 2.05) is 0 Å². The Morgan fingerprint density at radius 1 is 1.39 bits per heavy atom. The second kappa shape index (κ2) is 4.69. The number of aryl methyl sites for hydroxylation is 1. The number of aromatic nitrogens is 3. The van der Waals surface area contributed by atoms with E-state index in [1.54, 1.807) is 0 Å². The highest BCUT2D eigenvalue weighted by molar-refractivity contribution is 5.41. The number of hydrogen-bond acceptors (Lipinski definition) is 3. The van der Waals surface area contributed by atoms with Crippen LogP contribution in [0.2, 0.25) is 0 Å². The molecule has 1 aliphatic rings. The van der Waals surface area contributed by atoms with Crippen molar-refractivity contribution in [1.82, 2.24) is 19.5 Å². The lowest BCUT2D eigenvalue weighted by Gasteiger charge is -2.30. The number of likely N-dealkylation sites (N-methyl/N-ethyl adjacent to an activating group) is 1. The molecule has 2 aromatic rings. The van der Waals surface area contributed by atoms with Gasteiger partial charge in [-0.05, 0) is 50.6 Å². The molecule has 1 aliphatic heterocycles. The second-order valence-electron chi connectivity index (χ2n) is 5.22. The molecule has 0 spiro atoms. The van der Waals surface area contributed by atoms with Gasteiger partial charge in [-0.15, -0.1) is 10.2 Å². The predicted octanol–water partition coefficient (Wildman–Crippen LogP) is 2.24. The van der Waals surface area contributed by atoms with Gasteiger partial charge in [-0.1, -0.05) is 6.92 Å². The van der Waals surface area contributed by atoms with E-state index < -0.39 is 0 Å². The maximum absolute atomic E-state index is 4.42. The van der Waals surface area contributed by atoms with E-state index in [9.17, 15) is 0 Å². The van der Waals surface area contributed by atoms with Crippen LogP contribution in [0.3, 0.4) is 0 Å². The zero-order chi connectivity index (χ0) is 12.5. The van der Waals surface area contributed by atoms with Gasteiger partial charge in [0.2, 0.25) is 0 Å². The summed E-state index contributed by atoms with van der Waals surface area (Å²) in [5.41, 5.74) is 2.21. The van der Waals surface area contributed by atoms with Crippen molar-refractivity contribution in [3.8, 4) is 0 Å². The van der Waals surface area contributed by atoms with Crippen molar-refractivity contribution in [2.24, 2.45) is 0 Å². The molecule has 96 valence electrons. The first-order valence-electron chi connectivity index (χ1n) is 6.81. The number of pyridine rings is 1. The zero-order valence-electron chi connectivity index (χ0n) is 11.1. The highest BCUT2D eigenvalue weighted by atomic mass is 15.3. The average Bonchev–Trinajstić information content (AvgIpc) is 2.81. The van der Waals surface area contributed by atoms with Crippen molar-refractivity contribution in [3.63, 3.8) is 0 Å². The smallest absolute Gasteiger partial charge is 0.161 e. The predicted molar refractivity (Wildman–Crippen MR) is 71.8 cm³/mol. The normalized spacial score (nSPS) is 21.6. The lowest BCUT2D eigenvalue weighted by Crippen LogP contribution is -2.34. The molecule has 1 saturated heterocycles. The van der Waals surface area contributed by atoms with E-state index in [-0.39, 0.29) is 0 Å². The third-order valence-corrected chi connectivity index (χ3v) is 3.91. The molecule has 0 aromatic carbocycles. The van der Waals surface area contributed by atoms with E-state index in [4.69, 9.17) is 0 Å². The highest BCUT2D eigenvalue weighted by Crippen LogP contribution is 2.25. The van der Waals surface area contributed by atoms with Crippen LogP contribution in [0.25, 0.3) is 5.65 Å². The molecule has 0 aliphatic carbocycles. The molecule has 0 amide bonds. The van der Waals surface area contributed by atoms with Crippen molar-refractivity contribution in [1.29, 1.82) is 0 Å². The van der Waals surface area contributed by atoms with E-state index in [1.165, 1.54) is 24.9 Å². The molecular formula is C14H20N4. The van der Waals surface area contributed by atoms with Crippen LogP contribution in [0.4, 0.5) is 0 Å². The number of likely N-dealkylation sites (tertiary alicyclic amines) is 1. The number of nitrogens with zero attached hydrogens (tertiary/aromatic N) is 4. The van der Waals surface area contributed by atoms with Crippen LogP contribution in [-0.4, -0.2) is 39.1 Å². The summed E-state index contributed by atoms with van der Waals surface area (Å²) in [6, 6.07) is 4.22. The minimum absolute atomic E-state index is 0.524. The Kier molecular flexibility index (Phi) is 3.04. The number of piperidine rings is 1. The number of fused-ring (bicyclic) bond motifs is 1. The standard InChI is InChI=1S/C14H20N4/c1-3-17-7-4-5-12(10-17)14-16-15-13-9-11(2)6-8-18(13)14/h6,8-9,12H,3-5,7,10H2,1-2H3. The first-order valence-corrected chi connectivity index (χ1v) is 6.81. The molecule has 0 bridgehead atoms. The monoisotopic (exact) mass is 244 g/mol. The van der Waals surface area contributed by atoms with Crippen molar-refractivity contribution in [3.05, 3.63) is 29.7 Å². The lowest BCUT2D eigenvalue weighted by molar-refractivity contribution is 0.213. The summed E-state index contributed by atoms with van der Waals surface area (Å²) >= 11 is 0. The van der Waals surface area contributed by atoms with Gasteiger partial charge in [0.05, 0.1) is 0 Å². The largest absolute Gasteiger partial charge is 0.303 e. The maximum atomic E-state index is 4.42. The van der Waals surface area contributed by atoms with Gasteiger partial charge in [0.1, 0.15) is 5.82 Å². The molecular weight excluding hydrogens is 224 g/mol. The zero-order valence-corrected chi connectivity index (χ0v) is 11.1. The van der Waals surface area contributed by atoms with Gasteiger partial charge in [0.25, 0.3) is 0 Å². The van der Waals surface area contributed by atoms with E-state index in [0.717, 1.165) is 24.6 Å². The first-order chi connectivity index (χ1) is 8.78. The molecule has 1 atom stereocenters. The fraction of sp³-hybridized carbons (Fsp3) is 0.571. The molecule has 2 aromatic heterocycles. The quantitative estimate of drug-likeness (QED) is 0.812. The molecule has 3 heterocycles. The SMILES string of the molecule is CCN1CCCC(c2nnc3cc(C)ccn23)C1. The van der Waals surface area contributed by atoms with Gasteiger partial charge in [-0.25, -0.2) is 0 Å². The van der Waals surface area contributed by atoms with Crippen LogP contribution in [0.5, 0.6) is 0 Å². The topological polar surface area (TPSA) is 33.4 Å². The summed E-state index contributed by atoms with van der Waals surface area (Å²) in [4.78, 5) is 2.50. The molecule has 18 heavy (non-hydrogen) atoms. The molecule has 0 N–H and O–H groups in total. The van der Waals surface area contributed by atoms with Crippen molar-refractivity contribution < 1.29 is 0 Å². The van der Waals surface area contributed by atoms with Crippen LogP contribution in [-0.2, 0) is 0 Å². The fourth-order valence-electron chi connectivity index (χ4n) is 2.84. The Balaban J connectivity index is 1.94. The summed E-state index contributed by atoms with van der Waals surface area (Å²) in [7, 11) is 0. The Hall–Kier alpha value is -1.42. The first kappa shape index (κ1) is 11.7. The Bertz CT molecular complexity index is 546. The van der Waals surface area contributed by atoms with Gasteiger partial charge in [-0.3, -0.25) is 4.40 Å². The molecule has 4 nitrogen and oxygen atoms in total. The Morgan fingerprint density at radius 3 is 3.11 bits per heavy atom. The van der Waals surface area contributed by atoms with Gasteiger partial charge in [0, 0.05) is 18.7 Å². The van der Waals surface area contributed by atoms with Gasteiger partial charge in [0.15, 0.2) is 5.65 Å². The van der Waals surface area contributed by atoms with Crippen LogP contribution in [0.15, 0.2) is 18.3 Å². The maximum Gasteiger partial charge on any atom is 0.161 e. The van der Waals surface area contributed by atoms with E-state index in [0.29, 0.717) is 5.92 Å². The van der Waals surface area contributed by atoms with E-state index >= 15 is 0 Å². The van der Waals surface area contributed by atoms with Gasteiger partial charge in [-0.2, -0.15) is 0 Å². The minimum atomic E-state index is 0.524. The molecule has 0 radical (unpaired) electrons. The van der Waals surface area contributed by atoms with Crippen LogP contribution in [0.1, 0.15) is 37.1 Å².